The van der Waals surface area contributed by atoms with Gasteiger partial charge in [0.05, 0.1) is 47.4 Å². The number of piperidine rings is 2. The van der Waals surface area contributed by atoms with Gasteiger partial charge in [-0.3, -0.25) is 9.36 Å². The van der Waals surface area contributed by atoms with Gasteiger partial charge in [-0.05, 0) is 70.8 Å². The summed E-state index contributed by atoms with van der Waals surface area (Å²) in [4.78, 5) is 32.7. The molecule has 2 N–H and O–H groups in total. The predicted molar refractivity (Wildman–Crippen MR) is 155 cm³/mol. The van der Waals surface area contributed by atoms with E-state index in [1.165, 1.54) is 11.8 Å². The average molecular weight is 570 g/mol. The van der Waals surface area contributed by atoms with Gasteiger partial charge < -0.3 is 20.3 Å². The zero-order valence-corrected chi connectivity index (χ0v) is 24.1. The Morgan fingerprint density at radius 1 is 1.13 bits per heavy atom. The largest absolute Gasteiger partial charge is 0.376 e. The van der Waals surface area contributed by atoms with E-state index in [1.807, 2.05) is 18.3 Å². The first-order valence-corrected chi connectivity index (χ1v) is 15.0. The monoisotopic (exact) mass is 569 g/mol. The zero-order chi connectivity index (χ0) is 27.1. The number of anilines is 1. The molecule has 0 unspecified atom stereocenters. The smallest absolute Gasteiger partial charge is 0.262 e. The third-order valence-electron chi connectivity index (χ3n) is 8.95. The van der Waals surface area contributed by atoms with Crippen LogP contribution >= 0.6 is 23.4 Å². The number of likely N-dealkylation sites (tertiary alicyclic amines) is 1. The van der Waals surface area contributed by atoms with E-state index in [2.05, 4.69) is 33.7 Å². The van der Waals surface area contributed by atoms with Gasteiger partial charge in [0.25, 0.3) is 5.56 Å². The van der Waals surface area contributed by atoms with Crippen LogP contribution in [0, 0.1) is 11.3 Å². The number of halogens is 1. The first-order valence-electron chi connectivity index (χ1n) is 13.8. The fraction of sp³-hybridized carbons (Fsp3) is 0.571. The number of nitrogens with zero attached hydrogens (tertiary/aromatic N) is 6. The number of hydrogen-bond acceptors (Lipinski definition) is 9. The van der Waals surface area contributed by atoms with Gasteiger partial charge in [0, 0.05) is 36.0 Å². The van der Waals surface area contributed by atoms with Gasteiger partial charge in [-0.25, -0.2) is 15.0 Å². The molecule has 3 fully saturated rings. The maximum Gasteiger partial charge on any atom is 0.262 e. The molecule has 0 amide bonds. The highest BCUT2D eigenvalue weighted by Crippen LogP contribution is 2.42. The highest BCUT2D eigenvalue weighted by molar-refractivity contribution is 7.99. The maximum absolute atomic E-state index is 13.4. The SMILES string of the molecule is C[C@@H]1OCC2(CCN(c3cnc(Sc4ccc5ncn(CC6CCN(C)CC6)c(=O)c5c4Cl)cn3)CC2)[C@@H]1N. The number of ether oxygens (including phenoxy) is 1. The summed E-state index contributed by atoms with van der Waals surface area (Å²) in [7, 11) is 2.14. The first-order chi connectivity index (χ1) is 18.8. The minimum Gasteiger partial charge on any atom is -0.376 e. The van der Waals surface area contributed by atoms with Crippen molar-refractivity contribution < 1.29 is 4.74 Å². The second kappa shape index (κ2) is 11.0. The molecule has 39 heavy (non-hydrogen) atoms. The Morgan fingerprint density at radius 2 is 1.90 bits per heavy atom. The second-order valence-corrected chi connectivity index (χ2v) is 12.9. The van der Waals surface area contributed by atoms with Crippen LogP contribution in [0.4, 0.5) is 5.82 Å². The third kappa shape index (κ3) is 5.29. The maximum atomic E-state index is 13.4. The van der Waals surface area contributed by atoms with Gasteiger partial charge in [0.1, 0.15) is 10.8 Å². The molecular weight excluding hydrogens is 534 g/mol. The zero-order valence-electron chi connectivity index (χ0n) is 22.6. The van der Waals surface area contributed by atoms with Crippen molar-refractivity contribution in [2.24, 2.45) is 17.1 Å². The van der Waals surface area contributed by atoms with Crippen molar-refractivity contribution in [2.75, 3.05) is 44.7 Å². The lowest BCUT2D eigenvalue weighted by molar-refractivity contribution is 0.0974. The fourth-order valence-electron chi connectivity index (χ4n) is 6.21. The van der Waals surface area contributed by atoms with Crippen LogP contribution in [0.5, 0.6) is 0 Å². The van der Waals surface area contributed by atoms with Crippen LogP contribution in [0.1, 0.15) is 32.6 Å². The van der Waals surface area contributed by atoms with Gasteiger partial charge in [-0.1, -0.05) is 23.4 Å². The summed E-state index contributed by atoms with van der Waals surface area (Å²) in [5.74, 6) is 1.33. The average Bonchev–Trinajstić information content (AvgIpc) is 3.22. The van der Waals surface area contributed by atoms with Crippen LogP contribution < -0.4 is 16.2 Å². The van der Waals surface area contributed by atoms with E-state index in [4.69, 9.17) is 27.1 Å². The van der Waals surface area contributed by atoms with E-state index in [1.54, 1.807) is 17.1 Å². The molecule has 0 bridgehead atoms. The Labute approximate surface area is 238 Å². The Kier molecular flexibility index (Phi) is 7.58. The highest BCUT2D eigenvalue weighted by atomic mass is 35.5. The number of aromatic nitrogens is 4. The van der Waals surface area contributed by atoms with Gasteiger partial charge in [-0.2, -0.15) is 0 Å². The molecule has 11 heteroatoms. The van der Waals surface area contributed by atoms with E-state index in [-0.39, 0.29) is 23.1 Å². The van der Waals surface area contributed by atoms with Crippen LogP contribution in [0.25, 0.3) is 10.9 Å². The lowest BCUT2D eigenvalue weighted by Crippen LogP contribution is -2.50. The molecule has 3 aliphatic heterocycles. The Bertz CT molecular complexity index is 1390. The normalized spacial score (nSPS) is 24.2. The first kappa shape index (κ1) is 27.0. The van der Waals surface area contributed by atoms with Gasteiger partial charge in [0.2, 0.25) is 0 Å². The van der Waals surface area contributed by atoms with Crippen LogP contribution in [0.2, 0.25) is 5.02 Å². The molecule has 2 aromatic heterocycles. The molecule has 0 aliphatic carbocycles. The summed E-state index contributed by atoms with van der Waals surface area (Å²) in [6, 6.07) is 3.84. The minimum atomic E-state index is -0.0857. The summed E-state index contributed by atoms with van der Waals surface area (Å²) >= 11 is 8.22. The van der Waals surface area contributed by atoms with E-state index in [0.717, 1.165) is 74.2 Å². The number of benzene rings is 1. The highest BCUT2D eigenvalue weighted by Gasteiger charge is 2.47. The summed E-state index contributed by atoms with van der Waals surface area (Å²) in [6.45, 7) is 7.38. The molecule has 3 aliphatic rings. The van der Waals surface area contributed by atoms with E-state index < -0.39 is 0 Å². The van der Waals surface area contributed by atoms with Crippen molar-refractivity contribution in [1.29, 1.82) is 0 Å². The standard InChI is InChI=1S/C28H36ClN7O2S/c1-18-26(30)28(16-38-18)7-11-35(12-8-28)22-13-32-23(14-31-22)39-21-4-3-20-24(25(21)29)27(37)36(17-33-20)15-19-5-9-34(2)10-6-19/h3-4,13-14,17-19,26H,5-12,15-16,30H2,1-2H3/t18-,26+/m0/s1. The van der Waals surface area contributed by atoms with Crippen molar-refractivity contribution in [1.82, 2.24) is 24.4 Å². The van der Waals surface area contributed by atoms with Gasteiger partial charge >= 0.3 is 0 Å². The van der Waals surface area contributed by atoms with Crippen LogP contribution in [-0.4, -0.2) is 76.4 Å². The molecule has 5 heterocycles. The molecular formula is C28H36ClN7O2S. The fourth-order valence-corrected chi connectivity index (χ4v) is 7.33. The number of hydrogen-bond donors (Lipinski definition) is 1. The van der Waals surface area contributed by atoms with Gasteiger partial charge in [0.15, 0.2) is 0 Å². The Hall–Kier alpha value is -2.24. The number of fused-ring (bicyclic) bond motifs is 1. The summed E-state index contributed by atoms with van der Waals surface area (Å²) < 4.78 is 7.57. The van der Waals surface area contributed by atoms with Gasteiger partial charge in [-0.15, -0.1) is 0 Å². The van der Waals surface area contributed by atoms with Crippen molar-refractivity contribution in [3.8, 4) is 0 Å². The molecule has 0 radical (unpaired) electrons. The topological polar surface area (TPSA) is 102 Å². The second-order valence-electron chi connectivity index (χ2n) is 11.4. The van der Waals surface area contributed by atoms with E-state index in [0.29, 0.717) is 28.4 Å². The molecule has 1 aromatic carbocycles. The van der Waals surface area contributed by atoms with Crippen LogP contribution in [0.3, 0.4) is 0 Å². The van der Waals surface area contributed by atoms with Crippen molar-refractivity contribution >= 4 is 40.1 Å². The van der Waals surface area contributed by atoms with E-state index >= 15 is 0 Å². The molecule has 6 rings (SSSR count). The predicted octanol–water partition coefficient (Wildman–Crippen LogP) is 3.67. The molecule has 2 atom stereocenters. The minimum absolute atomic E-state index is 0.0759. The molecule has 0 saturated carbocycles. The molecule has 3 saturated heterocycles. The quantitative estimate of drug-likeness (QED) is 0.493. The Balaban J connectivity index is 1.15. The third-order valence-corrected chi connectivity index (χ3v) is 10.4. The summed E-state index contributed by atoms with van der Waals surface area (Å²) in [5, 5.41) is 1.61. The molecule has 1 spiro atoms. The van der Waals surface area contributed by atoms with Crippen molar-refractivity contribution in [3.05, 3.63) is 46.2 Å². The van der Waals surface area contributed by atoms with Crippen LogP contribution in [0.15, 0.2) is 45.6 Å². The summed E-state index contributed by atoms with van der Waals surface area (Å²) in [5.41, 5.74) is 7.07. The van der Waals surface area contributed by atoms with Crippen LogP contribution in [-0.2, 0) is 11.3 Å². The molecule has 208 valence electrons. The molecule has 3 aromatic rings. The number of nitrogens with two attached hydrogens (primary N) is 1. The molecule has 9 nitrogen and oxygen atoms in total. The van der Waals surface area contributed by atoms with Crippen molar-refractivity contribution in [3.63, 3.8) is 0 Å². The lowest BCUT2D eigenvalue weighted by Gasteiger charge is -2.41. The van der Waals surface area contributed by atoms with E-state index in [9.17, 15) is 4.79 Å². The van der Waals surface area contributed by atoms with Crippen molar-refractivity contribution in [2.45, 2.75) is 61.2 Å². The number of rotatable bonds is 5. The lowest BCUT2D eigenvalue weighted by atomic mass is 9.73. The summed E-state index contributed by atoms with van der Waals surface area (Å²) in [6.07, 6.45) is 9.52. The Morgan fingerprint density at radius 3 is 2.56 bits per heavy atom.